The van der Waals surface area contributed by atoms with E-state index in [4.69, 9.17) is 17.3 Å². The van der Waals surface area contributed by atoms with E-state index in [1.807, 2.05) is 30.0 Å². The summed E-state index contributed by atoms with van der Waals surface area (Å²) in [7, 11) is 0. The third kappa shape index (κ3) is 3.51. The Hall–Kier alpha value is -0.480. The predicted molar refractivity (Wildman–Crippen MR) is 83.5 cm³/mol. The van der Waals surface area contributed by atoms with Gasteiger partial charge in [-0.05, 0) is 40.9 Å². The Morgan fingerprint density at radius 2 is 2.11 bits per heavy atom. The van der Waals surface area contributed by atoms with E-state index < -0.39 is 0 Å². The lowest BCUT2D eigenvalue weighted by molar-refractivity contribution is 0.723. The number of rotatable bonds is 5. The average Bonchev–Trinajstić information content (AvgIpc) is 2.85. The lowest BCUT2D eigenvalue weighted by atomic mass is 10.1. The van der Waals surface area contributed by atoms with Gasteiger partial charge in [0.1, 0.15) is 0 Å². The van der Waals surface area contributed by atoms with Gasteiger partial charge in [0.05, 0.1) is 0 Å². The summed E-state index contributed by atoms with van der Waals surface area (Å²) >= 11 is 9.74. The van der Waals surface area contributed by atoms with Crippen molar-refractivity contribution in [3.8, 4) is 0 Å². The number of benzene rings is 1. The molecule has 0 fully saturated rings. The van der Waals surface area contributed by atoms with E-state index in [-0.39, 0.29) is 6.04 Å². The molecule has 0 radical (unpaired) electrons. The standard InChI is InChI=1S/C14H16ClNS2/c1-10(16)14(12-6-7-17-8-12)18-9-11-4-2-3-5-13(11)15/h2-8,10,14H,9,16H2,1H3. The molecule has 0 amide bonds. The Morgan fingerprint density at radius 3 is 2.72 bits per heavy atom. The third-order valence-corrected chi connectivity index (χ3v) is 5.33. The van der Waals surface area contributed by atoms with E-state index in [1.165, 1.54) is 11.1 Å². The summed E-state index contributed by atoms with van der Waals surface area (Å²) in [6, 6.07) is 10.3. The van der Waals surface area contributed by atoms with Crippen LogP contribution in [0.2, 0.25) is 5.02 Å². The molecule has 1 heterocycles. The monoisotopic (exact) mass is 297 g/mol. The highest BCUT2D eigenvalue weighted by Gasteiger charge is 2.17. The Labute approximate surface area is 121 Å². The van der Waals surface area contributed by atoms with Crippen LogP contribution < -0.4 is 5.73 Å². The SMILES string of the molecule is CC(N)C(SCc1ccccc1Cl)c1ccsc1. The molecule has 2 unspecified atom stereocenters. The molecule has 4 heteroatoms. The highest BCUT2D eigenvalue weighted by molar-refractivity contribution is 7.98. The lowest BCUT2D eigenvalue weighted by Crippen LogP contribution is -2.22. The van der Waals surface area contributed by atoms with Gasteiger partial charge in [0.2, 0.25) is 0 Å². The molecular weight excluding hydrogens is 282 g/mol. The van der Waals surface area contributed by atoms with Gasteiger partial charge in [-0.3, -0.25) is 0 Å². The molecule has 18 heavy (non-hydrogen) atoms. The van der Waals surface area contributed by atoms with E-state index in [0.717, 1.165) is 10.8 Å². The summed E-state index contributed by atoms with van der Waals surface area (Å²) in [5.41, 5.74) is 8.56. The molecule has 96 valence electrons. The average molecular weight is 298 g/mol. The van der Waals surface area contributed by atoms with Crippen LogP contribution in [0.3, 0.4) is 0 Å². The highest BCUT2D eigenvalue weighted by atomic mass is 35.5. The van der Waals surface area contributed by atoms with E-state index in [0.29, 0.717) is 5.25 Å². The van der Waals surface area contributed by atoms with Crippen molar-refractivity contribution in [1.29, 1.82) is 0 Å². The van der Waals surface area contributed by atoms with Gasteiger partial charge in [-0.15, -0.1) is 11.8 Å². The fraction of sp³-hybridized carbons (Fsp3) is 0.286. The number of nitrogens with two attached hydrogens (primary N) is 1. The number of halogens is 1. The molecule has 2 atom stereocenters. The normalized spacial score (nSPS) is 14.4. The van der Waals surface area contributed by atoms with Crippen molar-refractivity contribution in [2.75, 3.05) is 0 Å². The molecule has 0 aliphatic rings. The second-order valence-corrected chi connectivity index (χ2v) is 6.56. The van der Waals surface area contributed by atoms with Crippen LogP contribution in [0.25, 0.3) is 0 Å². The lowest BCUT2D eigenvalue weighted by Gasteiger charge is -2.19. The maximum Gasteiger partial charge on any atom is 0.0457 e. The molecule has 0 saturated carbocycles. The molecule has 1 aromatic heterocycles. The summed E-state index contributed by atoms with van der Waals surface area (Å²) in [6.45, 7) is 2.06. The summed E-state index contributed by atoms with van der Waals surface area (Å²) < 4.78 is 0. The third-order valence-electron chi connectivity index (χ3n) is 2.73. The number of hydrogen-bond donors (Lipinski definition) is 1. The number of thioether (sulfide) groups is 1. The first-order valence-corrected chi connectivity index (χ1v) is 8.18. The maximum atomic E-state index is 6.17. The van der Waals surface area contributed by atoms with Crippen LogP contribution in [0, 0.1) is 0 Å². The van der Waals surface area contributed by atoms with Crippen molar-refractivity contribution < 1.29 is 0 Å². The fourth-order valence-corrected chi connectivity index (χ4v) is 4.10. The summed E-state index contributed by atoms with van der Waals surface area (Å²) in [5, 5.41) is 5.43. The first kappa shape index (κ1) is 13.9. The molecule has 1 aromatic carbocycles. The molecule has 0 spiro atoms. The molecule has 0 aliphatic heterocycles. The van der Waals surface area contributed by atoms with Crippen molar-refractivity contribution in [3.05, 3.63) is 57.2 Å². The van der Waals surface area contributed by atoms with Crippen molar-refractivity contribution in [2.24, 2.45) is 5.73 Å². The molecule has 2 rings (SSSR count). The van der Waals surface area contributed by atoms with Crippen molar-refractivity contribution >= 4 is 34.7 Å². The van der Waals surface area contributed by atoms with Gasteiger partial charge in [-0.1, -0.05) is 29.8 Å². The van der Waals surface area contributed by atoms with Crippen LogP contribution in [0.15, 0.2) is 41.1 Å². The van der Waals surface area contributed by atoms with Crippen LogP contribution in [0.1, 0.15) is 23.3 Å². The highest BCUT2D eigenvalue weighted by Crippen LogP contribution is 2.36. The molecular formula is C14H16ClNS2. The Bertz CT molecular complexity index is 482. The van der Waals surface area contributed by atoms with Gasteiger partial charge < -0.3 is 5.73 Å². The fourth-order valence-electron chi connectivity index (χ4n) is 1.78. The van der Waals surface area contributed by atoms with Crippen molar-refractivity contribution in [2.45, 2.75) is 24.0 Å². The minimum absolute atomic E-state index is 0.132. The number of hydrogen-bond acceptors (Lipinski definition) is 3. The first-order valence-electron chi connectivity index (χ1n) is 5.81. The Kier molecular flexibility index (Phi) is 5.13. The quantitative estimate of drug-likeness (QED) is 0.864. The van der Waals surface area contributed by atoms with E-state index in [9.17, 15) is 0 Å². The largest absolute Gasteiger partial charge is 0.327 e. The second kappa shape index (κ2) is 6.62. The molecule has 1 nitrogen and oxygen atoms in total. The smallest absolute Gasteiger partial charge is 0.0457 e. The van der Waals surface area contributed by atoms with Crippen LogP contribution >= 0.6 is 34.7 Å². The van der Waals surface area contributed by atoms with E-state index >= 15 is 0 Å². The zero-order valence-corrected chi connectivity index (χ0v) is 12.6. The zero-order valence-electron chi connectivity index (χ0n) is 10.2. The Morgan fingerprint density at radius 1 is 1.33 bits per heavy atom. The van der Waals surface area contributed by atoms with Crippen molar-refractivity contribution in [3.63, 3.8) is 0 Å². The Balaban J connectivity index is 2.05. The molecule has 0 bridgehead atoms. The molecule has 2 N–H and O–H groups in total. The summed E-state index contributed by atoms with van der Waals surface area (Å²) in [4.78, 5) is 0. The van der Waals surface area contributed by atoms with Gasteiger partial charge >= 0.3 is 0 Å². The van der Waals surface area contributed by atoms with Gasteiger partial charge in [0, 0.05) is 22.1 Å². The van der Waals surface area contributed by atoms with Crippen LogP contribution in [-0.4, -0.2) is 6.04 Å². The topological polar surface area (TPSA) is 26.0 Å². The molecule has 2 aromatic rings. The van der Waals surface area contributed by atoms with Gasteiger partial charge in [0.15, 0.2) is 0 Å². The first-order chi connectivity index (χ1) is 8.68. The van der Waals surface area contributed by atoms with Crippen LogP contribution in [-0.2, 0) is 5.75 Å². The van der Waals surface area contributed by atoms with Crippen LogP contribution in [0.5, 0.6) is 0 Å². The molecule has 0 saturated heterocycles. The minimum atomic E-state index is 0.132. The number of thiophene rings is 1. The van der Waals surface area contributed by atoms with Gasteiger partial charge in [0.25, 0.3) is 0 Å². The van der Waals surface area contributed by atoms with E-state index in [2.05, 4.69) is 29.8 Å². The zero-order chi connectivity index (χ0) is 13.0. The summed E-state index contributed by atoms with van der Waals surface area (Å²) in [6.07, 6.45) is 0. The van der Waals surface area contributed by atoms with Gasteiger partial charge in [-0.2, -0.15) is 11.3 Å². The van der Waals surface area contributed by atoms with Crippen molar-refractivity contribution in [1.82, 2.24) is 0 Å². The minimum Gasteiger partial charge on any atom is -0.327 e. The maximum absolute atomic E-state index is 6.17. The molecule has 0 aliphatic carbocycles. The van der Waals surface area contributed by atoms with Crippen LogP contribution in [0.4, 0.5) is 0 Å². The second-order valence-electron chi connectivity index (χ2n) is 4.24. The van der Waals surface area contributed by atoms with Gasteiger partial charge in [-0.25, -0.2) is 0 Å². The summed E-state index contributed by atoms with van der Waals surface area (Å²) in [5.74, 6) is 0.891. The van der Waals surface area contributed by atoms with E-state index in [1.54, 1.807) is 11.3 Å². The predicted octanol–water partition coefficient (Wildman–Crippen LogP) is 4.72.